The predicted molar refractivity (Wildman–Crippen MR) is 75.7 cm³/mol. The number of pyridine rings is 1. The predicted octanol–water partition coefficient (Wildman–Crippen LogP) is 1.70. The zero-order valence-electron chi connectivity index (χ0n) is 12.1. The van der Waals surface area contributed by atoms with Crippen molar-refractivity contribution < 1.29 is 13.9 Å². The van der Waals surface area contributed by atoms with Gasteiger partial charge in [-0.1, -0.05) is 0 Å². The zero-order chi connectivity index (χ0) is 14.7. The van der Waals surface area contributed by atoms with E-state index in [2.05, 4.69) is 10.4 Å². The molecular weight excluding hydrogens is 273 g/mol. The van der Waals surface area contributed by atoms with Crippen LogP contribution in [0.4, 0.5) is 4.39 Å². The minimum absolute atomic E-state index is 0.137. The Morgan fingerprint density at radius 1 is 1.38 bits per heavy atom. The second-order valence-corrected chi connectivity index (χ2v) is 5.91. The molecule has 0 saturated carbocycles. The van der Waals surface area contributed by atoms with Crippen LogP contribution in [0.15, 0.2) is 18.3 Å². The highest BCUT2D eigenvalue weighted by molar-refractivity contribution is 5.13. The van der Waals surface area contributed by atoms with Gasteiger partial charge in [-0.05, 0) is 43.7 Å². The van der Waals surface area contributed by atoms with Crippen LogP contribution < -0.4 is 11.3 Å². The molecule has 21 heavy (non-hydrogen) atoms. The Hall–Kier alpha value is -1.08. The van der Waals surface area contributed by atoms with Gasteiger partial charge in [-0.25, -0.2) is 4.39 Å². The number of ether oxygens (including phenoxy) is 2. The lowest BCUT2D eigenvalue weighted by Crippen LogP contribution is -2.48. The summed E-state index contributed by atoms with van der Waals surface area (Å²) >= 11 is 0. The topological polar surface area (TPSA) is 69.4 Å². The number of aromatic nitrogens is 1. The van der Waals surface area contributed by atoms with E-state index in [1.807, 2.05) is 0 Å². The fraction of sp³-hybridized carbons (Fsp3) is 0.667. The van der Waals surface area contributed by atoms with Crippen molar-refractivity contribution in [1.82, 2.24) is 10.4 Å². The van der Waals surface area contributed by atoms with Crippen molar-refractivity contribution in [3.8, 4) is 0 Å². The molecule has 5 nitrogen and oxygen atoms in total. The first-order valence-corrected chi connectivity index (χ1v) is 7.52. The molecule has 2 saturated heterocycles. The van der Waals surface area contributed by atoms with Crippen molar-refractivity contribution in [3.05, 3.63) is 29.8 Å². The van der Waals surface area contributed by atoms with Gasteiger partial charge in [0.1, 0.15) is 5.82 Å². The minimum Gasteiger partial charge on any atom is -0.381 e. The summed E-state index contributed by atoms with van der Waals surface area (Å²) in [7, 11) is 0. The summed E-state index contributed by atoms with van der Waals surface area (Å²) in [5.74, 6) is 5.60. The number of hydrazine groups is 1. The average Bonchev–Trinajstić information content (AvgIpc) is 2.51. The van der Waals surface area contributed by atoms with Gasteiger partial charge < -0.3 is 9.47 Å². The first-order chi connectivity index (χ1) is 10.2. The van der Waals surface area contributed by atoms with E-state index in [-0.39, 0.29) is 23.4 Å². The SMILES string of the molecule is NNC(c1ncccc1F)C1CCOC2(CCOCC2)C1. The molecule has 0 amide bonds. The third kappa shape index (κ3) is 3.08. The summed E-state index contributed by atoms with van der Waals surface area (Å²) in [5.41, 5.74) is 3.02. The molecule has 1 aromatic heterocycles. The van der Waals surface area contributed by atoms with E-state index in [0.29, 0.717) is 12.3 Å². The van der Waals surface area contributed by atoms with Crippen molar-refractivity contribution in [1.29, 1.82) is 0 Å². The third-order valence-corrected chi connectivity index (χ3v) is 4.67. The van der Waals surface area contributed by atoms with E-state index >= 15 is 0 Å². The summed E-state index contributed by atoms with van der Waals surface area (Å²) in [6, 6.07) is 2.74. The highest BCUT2D eigenvalue weighted by atomic mass is 19.1. The van der Waals surface area contributed by atoms with Crippen LogP contribution in [0.3, 0.4) is 0 Å². The Morgan fingerprint density at radius 2 is 2.19 bits per heavy atom. The van der Waals surface area contributed by atoms with E-state index in [1.165, 1.54) is 6.07 Å². The van der Waals surface area contributed by atoms with E-state index in [4.69, 9.17) is 15.3 Å². The van der Waals surface area contributed by atoms with Gasteiger partial charge in [-0.3, -0.25) is 16.3 Å². The molecule has 6 heteroatoms. The van der Waals surface area contributed by atoms with Gasteiger partial charge in [0, 0.05) is 26.0 Å². The van der Waals surface area contributed by atoms with E-state index < -0.39 is 0 Å². The molecule has 1 spiro atoms. The maximum atomic E-state index is 14.0. The monoisotopic (exact) mass is 295 g/mol. The van der Waals surface area contributed by atoms with Gasteiger partial charge in [0.15, 0.2) is 0 Å². The van der Waals surface area contributed by atoms with Crippen molar-refractivity contribution in [2.75, 3.05) is 19.8 Å². The molecule has 0 aromatic carbocycles. The molecule has 2 atom stereocenters. The lowest BCUT2D eigenvalue weighted by atomic mass is 9.77. The third-order valence-electron chi connectivity index (χ3n) is 4.67. The maximum Gasteiger partial charge on any atom is 0.146 e. The molecule has 2 aliphatic heterocycles. The van der Waals surface area contributed by atoms with Gasteiger partial charge >= 0.3 is 0 Å². The summed E-state index contributed by atoms with van der Waals surface area (Å²) in [6.07, 6.45) is 5.11. The van der Waals surface area contributed by atoms with Crippen molar-refractivity contribution >= 4 is 0 Å². The first kappa shape index (κ1) is 14.8. The second kappa shape index (κ2) is 6.36. The number of nitrogens with two attached hydrogens (primary N) is 1. The Morgan fingerprint density at radius 3 is 2.90 bits per heavy atom. The summed E-state index contributed by atoms with van der Waals surface area (Å²) in [4.78, 5) is 4.18. The molecule has 3 rings (SSSR count). The number of rotatable bonds is 3. The smallest absolute Gasteiger partial charge is 0.146 e. The standard InChI is InChI=1S/C15H22FN3O2/c16-12-2-1-6-18-14(12)13(19-17)11-3-7-21-15(10-11)4-8-20-9-5-15/h1-2,6,11,13,19H,3-5,7-10,17H2. The van der Waals surface area contributed by atoms with Crippen LogP contribution in [0.5, 0.6) is 0 Å². The van der Waals surface area contributed by atoms with Crippen molar-refractivity contribution in [2.45, 2.75) is 37.3 Å². The Bertz CT molecular complexity index is 474. The first-order valence-electron chi connectivity index (χ1n) is 7.52. The Kier molecular flexibility index (Phi) is 4.49. The van der Waals surface area contributed by atoms with Gasteiger partial charge in [0.05, 0.1) is 17.3 Å². The van der Waals surface area contributed by atoms with Crippen molar-refractivity contribution in [2.24, 2.45) is 11.8 Å². The molecule has 1 aromatic rings. The summed E-state index contributed by atoms with van der Waals surface area (Å²) < 4.78 is 25.5. The molecule has 0 bridgehead atoms. The minimum atomic E-state index is -0.312. The Labute approximate surface area is 124 Å². The lowest BCUT2D eigenvalue weighted by Gasteiger charge is -2.45. The van der Waals surface area contributed by atoms with E-state index in [0.717, 1.165) is 38.9 Å². The number of hydrogen-bond acceptors (Lipinski definition) is 5. The molecule has 3 N–H and O–H groups in total. The molecule has 2 unspecified atom stereocenters. The van der Waals surface area contributed by atoms with E-state index in [9.17, 15) is 4.39 Å². The number of halogens is 1. The fourth-order valence-corrected chi connectivity index (χ4v) is 3.51. The fourth-order valence-electron chi connectivity index (χ4n) is 3.51. The molecule has 0 aliphatic carbocycles. The van der Waals surface area contributed by atoms with Crippen molar-refractivity contribution in [3.63, 3.8) is 0 Å². The molecule has 2 aliphatic rings. The second-order valence-electron chi connectivity index (χ2n) is 5.91. The highest BCUT2D eigenvalue weighted by Gasteiger charge is 2.42. The van der Waals surface area contributed by atoms with Gasteiger partial charge in [0.2, 0.25) is 0 Å². The number of nitrogens with zero attached hydrogens (tertiary/aromatic N) is 1. The van der Waals surface area contributed by atoms with Crippen LogP contribution in [-0.4, -0.2) is 30.4 Å². The number of nitrogens with one attached hydrogen (secondary N) is 1. The highest BCUT2D eigenvalue weighted by Crippen LogP contribution is 2.41. The van der Waals surface area contributed by atoms with Crippen LogP contribution >= 0.6 is 0 Å². The molecule has 0 radical (unpaired) electrons. The normalized spacial score (nSPS) is 26.7. The zero-order valence-corrected chi connectivity index (χ0v) is 12.1. The van der Waals surface area contributed by atoms with Crippen LogP contribution in [0, 0.1) is 11.7 Å². The molecule has 3 heterocycles. The van der Waals surface area contributed by atoms with Gasteiger partial charge in [-0.2, -0.15) is 0 Å². The lowest BCUT2D eigenvalue weighted by molar-refractivity contribution is -0.150. The number of hydrogen-bond donors (Lipinski definition) is 2. The molecule has 116 valence electrons. The Balaban J connectivity index is 1.79. The van der Waals surface area contributed by atoms with Crippen LogP contribution in [0.2, 0.25) is 0 Å². The maximum absolute atomic E-state index is 14.0. The average molecular weight is 295 g/mol. The van der Waals surface area contributed by atoms with Crippen LogP contribution in [-0.2, 0) is 9.47 Å². The molecular formula is C15H22FN3O2. The van der Waals surface area contributed by atoms with Gasteiger partial charge in [-0.15, -0.1) is 0 Å². The summed E-state index contributed by atoms with van der Waals surface area (Å²) in [6.45, 7) is 2.13. The quantitative estimate of drug-likeness (QED) is 0.656. The largest absolute Gasteiger partial charge is 0.381 e. The van der Waals surface area contributed by atoms with Crippen LogP contribution in [0.1, 0.15) is 37.4 Å². The van der Waals surface area contributed by atoms with Gasteiger partial charge in [0.25, 0.3) is 0 Å². The summed E-state index contributed by atoms with van der Waals surface area (Å²) in [5, 5.41) is 0. The molecule has 2 fully saturated rings. The van der Waals surface area contributed by atoms with Crippen LogP contribution in [0.25, 0.3) is 0 Å². The van der Waals surface area contributed by atoms with E-state index in [1.54, 1.807) is 12.3 Å².